The van der Waals surface area contributed by atoms with E-state index in [1.807, 2.05) is 0 Å². The minimum absolute atomic E-state index is 0.00190. The number of nitrogens with zero attached hydrogens (tertiary/aromatic N) is 1. The molecule has 1 aromatic rings. The van der Waals surface area contributed by atoms with Gasteiger partial charge in [0.25, 0.3) is 0 Å². The first-order valence-corrected chi connectivity index (χ1v) is 7.91. The molecular formula is C16H22N4O. The maximum absolute atomic E-state index is 12.4. The molecule has 4 rings (SSSR count). The van der Waals surface area contributed by atoms with Gasteiger partial charge in [-0.2, -0.15) is 5.53 Å². The predicted octanol–water partition coefficient (Wildman–Crippen LogP) is 1.38. The Kier molecular flexibility index (Phi) is 3.21. The first kappa shape index (κ1) is 13.2. The lowest BCUT2D eigenvalue weighted by Gasteiger charge is -2.44. The van der Waals surface area contributed by atoms with E-state index in [1.165, 1.54) is 24.0 Å². The normalized spacial score (nSPS) is 36.0. The van der Waals surface area contributed by atoms with Crippen LogP contribution in [-0.2, 0) is 4.79 Å². The first-order valence-electron chi connectivity index (χ1n) is 7.91. The molecule has 21 heavy (non-hydrogen) atoms. The summed E-state index contributed by atoms with van der Waals surface area (Å²) in [4.78, 5) is 12.4. The lowest BCUT2D eigenvalue weighted by molar-refractivity contribution is -0.139. The van der Waals surface area contributed by atoms with Crippen molar-refractivity contribution in [2.24, 2.45) is 5.92 Å². The van der Waals surface area contributed by atoms with Crippen LogP contribution in [0.5, 0.6) is 0 Å². The van der Waals surface area contributed by atoms with Crippen LogP contribution in [0.1, 0.15) is 42.9 Å². The topological polar surface area (TPSA) is 56.4 Å². The summed E-state index contributed by atoms with van der Waals surface area (Å²) in [7, 11) is 0. The third kappa shape index (κ3) is 2.08. The van der Waals surface area contributed by atoms with Gasteiger partial charge in [-0.3, -0.25) is 4.79 Å². The van der Waals surface area contributed by atoms with Crippen molar-refractivity contribution < 1.29 is 4.79 Å². The Hall–Kier alpha value is -1.43. The van der Waals surface area contributed by atoms with Gasteiger partial charge in [-0.1, -0.05) is 37.1 Å². The average Bonchev–Trinajstić information content (AvgIpc) is 2.92. The zero-order valence-corrected chi connectivity index (χ0v) is 12.3. The smallest absolute Gasteiger partial charge is 0.226 e. The SMILES string of the molecule is Cc1ccccc1C1NNN2C3CCCCC3C(=O)NC12. The Morgan fingerprint density at radius 1 is 1.19 bits per heavy atom. The Labute approximate surface area is 125 Å². The van der Waals surface area contributed by atoms with E-state index < -0.39 is 0 Å². The van der Waals surface area contributed by atoms with Crippen molar-refractivity contribution in [3.05, 3.63) is 35.4 Å². The fourth-order valence-corrected chi connectivity index (χ4v) is 4.08. The molecule has 5 heteroatoms. The van der Waals surface area contributed by atoms with Crippen LogP contribution in [0, 0.1) is 12.8 Å². The van der Waals surface area contributed by atoms with Crippen LogP contribution in [-0.4, -0.2) is 23.1 Å². The van der Waals surface area contributed by atoms with Gasteiger partial charge in [-0.05, 0) is 30.9 Å². The van der Waals surface area contributed by atoms with Gasteiger partial charge >= 0.3 is 0 Å². The van der Waals surface area contributed by atoms with Gasteiger partial charge in [0.15, 0.2) is 0 Å². The Morgan fingerprint density at radius 2 is 2.00 bits per heavy atom. The molecule has 2 heterocycles. The second-order valence-corrected chi connectivity index (χ2v) is 6.41. The lowest BCUT2D eigenvalue weighted by atomic mass is 9.81. The van der Waals surface area contributed by atoms with Crippen LogP contribution >= 0.6 is 0 Å². The monoisotopic (exact) mass is 286 g/mol. The summed E-state index contributed by atoms with van der Waals surface area (Å²) < 4.78 is 0. The van der Waals surface area contributed by atoms with E-state index in [0.29, 0.717) is 6.04 Å². The summed E-state index contributed by atoms with van der Waals surface area (Å²) in [6.45, 7) is 2.12. The zero-order valence-electron chi connectivity index (χ0n) is 12.3. The molecule has 1 amide bonds. The third-order valence-electron chi connectivity index (χ3n) is 5.20. The van der Waals surface area contributed by atoms with Crippen molar-refractivity contribution in [1.29, 1.82) is 0 Å². The van der Waals surface area contributed by atoms with E-state index >= 15 is 0 Å². The molecule has 0 spiro atoms. The number of aryl methyl sites for hydroxylation is 1. The molecule has 0 aromatic heterocycles. The number of nitrogens with one attached hydrogen (secondary N) is 3. The second kappa shape index (κ2) is 5.09. The number of hydrogen-bond acceptors (Lipinski definition) is 4. The van der Waals surface area contributed by atoms with Gasteiger partial charge < -0.3 is 5.32 Å². The van der Waals surface area contributed by atoms with Crippen molar-refractivity contribution in [2.45, 2.75) is 50.9 Å². The van der Waals surface area contributed by atoms with Crippen LogP contribution < -0.4 is 16.3 Å². The van der Waals surface area contributed by atoms with Gasteiger partial charge in [0.2, 0.25) is 5.91 Å². The van der Waals surface area contributed by atoms with Gasteiger partial charge in [0.05, 0.1) is 12.0 Å². The number of fused-ring (bicyclic) bond motifs is 3. The molecule has 4 atom stereocenters. The number of carbonyl (C=O) groups excluding carboxylic acids is 1. The van der Waals surface area contributed by atoms with Crippen molar-refractivity contribution >= 4 is 5.91 Å². The summed E-state index contributed by atoms with van der Waals surface area (Å²) in [5.74, 6) is 0.366. The fraction of sp³-hybridized carbons (Fsp3) is 0.562. The lowest BCUT2D eigenvalue weighted by Crippen LogP contribution is -2.64. The first-order chi connectivity index (χ1) is 10.3. The summed E-state index contributed by atoms with van der Waals surface area (Å²) in [5, 5.41) is 5.45. The van der Waals surface area contributed by atoms with E-state index in [2.05, 4.69) is 52.5 Å². The van der Waals surface area contributed by atoms with Gasteiger partial charge in [-0.25, -0.2) is 10.4 Å². The molecule has 5 nitrogen and oxygen atoms in total. The van der Waals surface area contributed by atoms with E-state index in [4.69, 9.17) is 0 Å². The number of amides is 1. The molecular weight excluding hydrogens is 264 g/mol. The molecule has 3 N–H and O–H groups in total. The number of carbonyl (C=O) groups is 1. The molecule has 3 aliphatic rings. The van der Waals surface area contributed by atoms with E-state index in [1.54, 1.807) is 0 Å². The molecule has 1 aliphatic carbocycles. The average molecular weight is 286 g/mol. The molecule has 2 aliphatic heterocycles. The highest BCUT2D eigenvalue weighted by Crippen LogP contribution is 2.36. The summed E-state index contributed by atoms with van der Waals surface area (Å²) >= 11 is 0. The van der Waals surface area contributed by atoms with E-state index in [0.717, 1.165) is 12.8 Å². The van der Waals surface area contributed by atoms with Crippen molar-refractivity contribution in [1.82, 2.24) is 21.3 Å². The molecule has 1 saturated carbocycles. The Balaban J connectivity index is 1.64. The summed E-state index contributed by atoms with van der Waals surface area (Å²) in [5.41, 5.74) is 9.18. The molecule has 4 unspecified atom stereocenters. The largest absolute Gasteiger partial charge is 0.337 e. The molecule has 2 saturated heterocycles. The molecule has 3 fully saturated rings. The highest BCUT2D eigenvalue weighted by Gasteiger charge is 2.49. The number of hydrogen-bond donors (Lipinski definition) is 3. The van der Waals surface area contributed by atoms with Crippen LogP contribution in [0.3, 0.4) is 0 Å². The van der Waals surface area contributed by atoms with E-state index in [-0.39, 0.29) is 24.0 Å². The van der Waals surface area contributed by atoms with Gasteiger partial charge in [0, 0.05) is 6.04 Å². The molecule has 0 radical (unpaired) electrons. The Bertz CT molecular complexity index is 561. The molecule has 1 aromatic carbocycles. The van der Waals surface area contributed by atoms with Crippen LogP contribution in [0.25, 0.3) is 0 Å². The fourth-order valence-electron chi connectivity index (χ4n) is 4.08. The van der Waals surface area contributed by atoms with Crippen LogP contribution in [0.4, 0.5) is 0 Å². The number of rotatable bonds is 1. The zero-order chi connectivity index (χ0) is 14.4. The molecule has 112 valence electrons. The van der Waals surface area contributed by atoms with Gasteiger partial charge in [-0.15, -0.1) is 0 Å². The molecule has 0 bridgehead atoms. The third-order valence-corrected chi connectivity index (χ3v) is 5.20. The maximum Gasteiger partial charge on any atom is 0.226 e. The number of hydrazine groups is 2. The van der Waals surface area contributed by atoms with E-state index in [9.17, 15) is 4.79 Å². The van der Waals surface area contributed by atoms with Crippen LogP contribution in [0.2, 0.25) is 0 Å². The van der Waals surface area contributed by atoms with Gasteiger partial charge in [0.1, 0.15) is 6.17 Å². The minimum Gasteiger partial charge on any atom is -0.337 e. The second-order valence-electron chi connectivity index (χ2n) is 6.41. The highest BCUT2D eigenvalue weighted by molar-refractivity contribution is 5.80. The Morgan fingerprint density at radius 3 is 2.86 bits per heavy atom. The van der Waals surface area contributed by atoms with Crippen molar-refractivity contribution in [2.75, 3.05) is 0 Å². The van der Waals surface area contributed by atoms with Crippen molar-refractivity contribution in [3.63, 3.8) is 0 Å². The predicted molar refractivity (Wildman–Crippen MR) is 79.7 cm³/mol. The highest BCUT2D eigenvalue weighted by atomic mass is 16.2. The summed E-state index contributed by atoms with van der Waals surface area (Å²) in [6, 6.07) is 8.78. The number of benzene rings is 1. The summed E-state index contributed by atoms with van der Waals surface area (Å²) in [6.07, 6.45) is 4.49. The standard InChI is InChI=1S/C16H22N4O/c1-10-6-2-3-7-11(10)14-15-17-16(21)12-8-4-5-9-13(12)20(15)19-18-14/h2-3,6-7,12-15,18-19H,4-5,8-9H2,1H3,(H,17,21). The maximum atomic E-state index is 12.4. The van der Waals surface area contributed by atoms with Crippen molar-refractivity contribution in [3.8, 4) is 0 Å². The quantitative estimate of drug-likeness (QED) is 0.730. The minimum atomic E-state index is -0.00190. The van der Waals surface area contributed by atoms with Crippen LogP contribution in [0.15, 0.2) is 24.3 Å².